The number of hydrogen-bond acceptors (Lipinski definition) is 4. The minimum Gasteiger partial charge on any atom is -0.338 e. The van der Waals surface area contributed by atoms with Gasteiger partial charge in [-0.15, -0.1) is 0 Å². The fourth-order valence-electron chi connectivity index (χ4n) is 2.21. The summed E-state index contributed by atoms with van der Waals surface area (Å²) in [6, 6.07) is 10.2. The van der Waals surface area contributed by atoms with Crippen LogP contribution in [0.15, 0.2) is 42.9 Å². The Morgan fingerprint density at radius 1 is 1.15 bits per heavy atom. The standard InChI is InChI=1S/C15H17N5/c1-20-10-18-14-13(20)7-9-17-15(14)19-12-4-2-11(3-5-12)6-8-16/h2-5,7,9-10H,6,8,16H2,1H3,(H,17,19). The van der Waals surface area contributed by atoms with Crippen LogP contribution in [-0.2, 0) is 13.5 Å². The fraction of sp³-hybridized carbons (Fsp3) is 0.200. The van der Waals surface area contributed by atoms with E-state index in [1.165, 1.54) is 5.56 Å². The summed E-state index contributed by atoms with van der Waals surface area (Å²) in [6.45, 7) is 0.668. The summed E-state index contributed by atoms with van der Waals surface area (Å²) in [4.78, 5) is 8.75. The van der Waals surface area contributed by atoms with Gasteiger partial charge < -0.3 is 15.6 Å². The highest BCUT2D eigenvalue weighted by atomic mass is 15.1. The molecule has 0 aliphatic rings. The van der Waals surface area contributed by atoms with Crippen LogP contribution in [0.3, 0.4) is 0 Å². The zero-order chi connectivity index (χ0) is 13.9. The van der Waals surface area contributed by atoms with E-state index >= 15 is 0 Å². The number of nitrogens with two attached hydrogens (primary N) is 1. The predicted molar refractivity (Wildman–Crippen MR) is 81.0 cm³/mol. The molecule has 0 radical (unpaired) electrons. The molecule has 0 spiro atoms. The molecule has 2 heterocycles. The smallest absolute Gasteiger partial charge is 0.158 e. The zero-order valence-corrected chi connectivity index (χ0v) is 11.4. The topological polar surface area (TPSA) is 68.8 Å². The molecule has 0 saturated heterocycles. The van der Waals surface area contributed by atoms with Crippen LogP contribution in [0.25, 0.3) is 11.0 Å². The molecule has 2 aromatic heterocycles. The van der Waals surface area contributed by atoms with Gasteiger partial charge in [-0.2, -0.15) is 0 Å². The van der Waals surface area contributed by atoms with Crippen LogP contribution in [0.1, 0.15) is 5.56 Å². The van der Waals surface area contributed by atoms with Crippen molar-refractivity contribution in [1.82, 2.24) is 14.5 Å². The highest BCUT2D eigenvalue weighted by molar-refractivity contribution is 5.87. The Morgan fingerprint density at radius 2 is 1.95 bits per heavy atom. The van der Waals surface area contributed by atoms with Gasteiger partial charge in [0.15, 0.2) is 5.82 Å². The second-order valence-corrected chi connectivity index (χ2v) is 4.74. The van der Waals surface area contributed by atoms with Gasteiger partial charge in [0.1, 0.15) is 5.52 Å². The van der Waals surface area contributed by atoms with Crippen molar-refractivity contribution in [2.24, 2.45) is 12.8 Å². The number of hydrogen-bond donors (Lipinski definition) is 2. The van der Waals surface area contributed by atoms with E-state index in [1.54, 1.807) is 12.5 Å². The molecular formula is C15H17N5. The molecule has 3 rings (SSSR count). The summed E-state index contributed by atoms with van der Waals surface area (Å²) < 4.78 is 1.98. The van der Waals surface area contributed by atoms with Crippen molar-refractivity contribution in [3.8, 4) is 0 Å². The van der Waals surface area contributed by atoms with Crippen molar-refractivity contribution in [2.75, 3.05) is 11.9 Å². The van der Waals surface area contributed by atoms with Gasteiger partial charge in [-0.3, -0.25) is 0 Å². The summed E-state index contributed by atoms with van der Waals surface area (Å²) in [7, 11) is 1.97. The van der Waals surface area contributed by atoms with Crippen molar-refractivity contribution in [3.63, 3.8) is 0 Å². The first-order valence-electron chi connectivity index (χ1n) is 6.60. The first kappa shape index (κ1) is 12.6. The van der Waals surface area contributed by atoms with Crippen LogP contribution < -0.4 is 11.1 Å². The number of pyridine rings is 1. The van der Waals surface area contributed by atoms with E-state index in [0.29, 0.717) is 6.54 Å². The first-order valence-corrected chi connectivity index (χ1v) is 6.60. The van der Waals surface area contributed by atoms with E-state index < -0.39 is 0 Å². The third-order valence-corrected chi connectivity index (χ3v) is 3.29. The average molecular weight is 267 g/mol. The molecule has 5 heteroatoms. The highest BCUT2D eigenvalue weighted by Crippen LogP contribution is 2.22. The molecule has 0 atom stereocenters. The number of aryl methyl sites for hydroxylation is 1. The SMILES string of the molecule is Cn1cnc2c(Nc3ccc(CCN)cc3)nccc21. The average Bonchev–Trinajstić information content (AvgIpc) is 2.84. The number of benzene rings is 1. The second kappa shape index (κ2) is 5.30. The lowest BCUT2D eigenvalue weighted by Gasteiger charge is -2.07. The first-order chi connectivity index (χ1) is 9.78. The molecule has 0 aliphatic carbocycles. The number of fused-ring (bicyclic) bond motifs is 1. The number of rotatable bonds is 4. The van der Waals surface area contributed by atoms with E-state index in [4.69, 9.17) is 5.73 Å². The fourth-order valence-corrected chi connectivity index (χ4v) is 2.21. The monoisotopic (exact) mass is 267 g/mol. The molecule has 1 aromatic carbocycles. The molecule has 3 aromatic rings. The Bertz CT molecular complexity index is 715. The Morgan fingerprint density at radius 3 is 2.70 bits per heavy atom. The van der Waals surface area contributed by atoms with Gasteiger partial charge in [-0.1, -0.05) is 12.1 Å². The molecule has 102 valence electrons. The summed E-state index contributed by atoms with van der Waals surface area (Å²) in [5.41, 5.74) is 9.72. The van der Waals surface area contributed by atoms with Crippen molar-refractivity contribution >= 4 is 22.5 Å². The van der Waals surface area contributed by atoms with Gasteiger partial charge in [0, 0.05) is 18.9 Å². The lowest BCUT2D eigenvalue weighted by molar-refractivity contribution is 0.947. The summed E-state index contributed by atoms with van der Waals surface area (Å²) in [6.07, 6.45) is 4.48. The number of anilines is 2. The normalized spacial score (nSPS) is 10.9. The van der Waals surface area contributed by atoms with E-state index in [2.05, 4.69) is 27.4 Å². The third kappa shape index (κ3) is 2.35. The summed E-state index contributed by atoms with van der Waals surface area (Å²) in [5, 5.41) is 3.31. The minimum atomic E-state index is 0.668. The molecule has 3 N–H and O–H groups in total. The van der Waals surface area contributed by atoms with Crippen LogP contribution in [0, 0.1) is 0 Å². The maximum Gasteiger partial charge on any atom is 0.158 e. The lowest BCUT2D eigenvalue weighted by atomic mass is 10.1. The van der Waals surface area contributed by atoms with Gasteiger partial charge >= 0.3 is 0 Å². The van der Waals surface area contributed by atoms with E-state index in [1.807, 2.05) is 29.8 Å². The molecule has 0 aliphatic heterocycles. The molecular weight excluding hydrogens is 250 g/mol. The van der Waals surface area contributed by atoms with E-state index in [-0.39, 0.29) is 0 Å². The van der Waals surface area contributed by atoms with Crippen molar-refractivity contribution in [3.05, 3.63) is 48.4 Å². The summed E-state index contributed by atoms with van der Waals surface area (Å²) >= 11 is 0. The van der Waals surface area contributed by atoms with Gasteiger partial charge in [-0.25, -0.2) is 9.97 Å². The Hall–Kier alpha value is -2.40. The van der Waals surface area contributed by atoms with E-state index in [0.717, 1.165) is 29.0 Å². The number of aromatic nitrogens is 3. The van der Waals surface area contributed by atoms with Crippen LogP contribution in [0.2, 0.25) is 0 Å². The molecule has 5 nitrogen and oxygen atoms in total. The van der Waals surface area contributed by atoms with Crippen LogP contribution >= 0.6 is 0 Å². The van der Waals surface area contributed by atoms with E-state index in [9.17, 15) is 0 Å². The van der Waals surface area contributed by atoms with Gasteiger partial charge in [0.25, 0.3) is 0 Å². The predicted octanol–water partition coefficient (Wildman–Crippen LogP) is 2.21. The third-order valence-electron chi connectivity index (χ3n) is 3.29. The molecule has 0 unspecified atom stereocenters. The largest absolute Gasteiger partial charge is 0.338 e. The van der Waals surface area contributed by atoms with Crippen molar-refractivity contribution in [2.45, 2.75) is 6.42 Å². The number of imidazole rings is 1. The summed E-state index contributed by atoms with van der Waals surface area (Å²) in [5.74, 6) is 0.773. The second-order valence-electron chi connectivity index (χ2n) is 4.74. The number of nitrogens with zero attached hydrogens (tertiary/aromatic N) is 3. The Labute approximate surface area is 117 Å². The highest BCUT2D eigenvalue weighted by Gasteiger charge is 2.06. The van der Waals surface area contributed by atoms with Gasteiger partial charge in [0.05, 0.1) is 11.8 Å². The van der Waals surface area contributed by atoms with Crippen molar-refractivity contribution in [1.29, 1.82) is 0 Å². The van der Waals surface area contributed by atoms with Crippen LogP contribution in [0.5, 0.6) is 0 Å². The number of nitrogens with one attached hydrogen (secondary N) is 1. The lowest BCUT2D eigenvalue weighted by Crippen LogP contribution is -2.02. The zero-order valence-electron chi connectivity index (χ0n) is 11.4. The van der Waals surface area contributed by atoms with Crippen LogP contribution in [-0.4, -0.2) is 21.1 Å². The Kier molecular flexibility index (Phi) is 3.35. The van der Waals surface area contributed by atoms with Crippen molar-refractivity contribution < 1.29 is 0 Å². The molecule has 0 bridgehead atoms. The maximum atomic E-state index is 5.55. The molecule has 0 amide bonds. The maximum absolute atomic E-state index is 5.55. The molecule has 0 fully saturated rings. The molecule has 20 heavy (non-hydrogen) atoms. The van der Waals surface area contributed by atoms with Crippen LogP contribution in [0.4, 0.5) is 11.5 Å². The van der Waals surface area contributed by atoms with Gasteiger partial charge in [0.2, 0.25) is 0 Å². The Balaban J connectivity index is 1.89. The quantitative estimate of drug-likeness (QED) is 0.760. The van der Waals surface area contributed by atoms with Gasteiger partial charge in [-0.05, 0) is 36.7 Å². The minimum absolute atomic E-state index is 0.668. The molecule has 0 saturated carbocycles.